The van der Waals surface area contributed by atoms with Crippen molar-refractivity contribution in [2.75, 3.05) is 32.7 Å². The number of hydrogen-bond acceptors (Lipinski definition) is 5. The molecule has 2 aromatic rings. The van der Waals surface area contributed by atoms with Crippen LogP contribution < -0.4 is 10.6 Å². The van der Waals surface area contributed by atoms with Crippen molar-refractivity contribution >= 4 is 41.9 Å². The number of nitrogens with one attached hydrogen (secondary N) is 2. The second kappa shape index (κ2) is 16.0. The highest BCUT2D eigenvalue weighted by atomic mass is 35.5. The van der Waals surface area contributed by atoms with Gasteiger partial charge in [0.05, 0.1) is 0 Å². The van der Waals surface area contributed by atoms with Gasteiger partial charge in [0.1, 0.15) is 18.2 Å². The summed E-state index contributed by atoms with van der Waals surface area (Å²) in [7, 11) is 0. The molecule has 224 valence electrons. The molecule has 10 heteroatoms. The summed E-state index contributed by atoms with van der Waals surface area (Å²) in [6.07, 6.45) is 4.52. The van der Waals surface area contributed by atoms with Gasteiger partial charge in [0.15, 0.2) is 0 Å². The maximum atomic E-state index is 13.5. The van der Waals surface area contributed by atoms with E-state index in [9.17, 15) is 14.4 Å². The van der Waals surface area contributed by atoms with Gasteiger partial charge in [-0.3, -0.25) is 9.59 Å². The molecule has 0 radical (unpaired) electrons. The van der Waals surface area contributed by atoms with Crippen LogP contribution in [0.3, 0.4) is 0 Å². The van der Waals surface area contributed by atoms with E-state index in [1.165, 1.54) is 5.56 Å². The number of hydrogen-bond donors (Lipinski definition) is 2. The second-order valence-electron chi connectivity index (χ2n) is 10.7. The number of benzene rings is 2. The monoisotopic (exact) mass is 604 g/mol. The number of amides is 3. The highest BCUT2D eigenvalue weighted by Crippen LogP contribution is 2.34. The third kappa shape index (κ3) is 8.60. The van der Waals surface area contributed by atoms with Gasteiger partial charge in [0.25, 0.3) is 0 Å². The highest BCUT2D eigenvalue weighted by molar-refractivity contribution is 6.31. The summed E-state index contributed by atoms with van der Waals surface area (Å²) in [5, 5.41) is 6.35. The van der Waals surface area contributed by atoms with Gasteiger partial charge in [-0.15, -0.1) is 12.4 Å². The van der Waals surface area contributed by atoms with Crippen LogP contribution in [-0.2, 0) is 27.4 Å². The molecule has 41 heavy (non-hydrogen) atoms. The van der Waals surface area contributed by atoms with Crippen LogP contribution in [0.25, 0.3) is 0 Å². The molecular formula is C31H42Cl2N4O4. The minimum atomic E-state index is -0.750. The van der Waals surface area contributed by atoms with E-state index in [-0.39, 0.29) is 30.8 Å². The molecule has 0 bridgehead atoms. The van der Waals surface area contributed by atoms with Gasteiger partial charge in [-0.2, -0.15) is 0 Å². The Morgan fingerprint density at radius 2 is 1.76 bits per heavy atom. The molecule has 3 amide bonds. The van der Waals surface area contributed by atoms with Crippen LogP contribution in [0.15, 0.2) is 54.6 Å². The summed E-state index contributed by atoms with van der Waals surface area (Å²) in [4.78, 5) is 43.3. The average Bonchev–Trinajstić information content (AvgIpc) is 2.97. The SMILES string of the molecule is CCCN1C(=O)[C@H](CCCCNC(=O)OCc2ccccc2Cl)NC(=O)C12CCN(CCc1ccccc1)CC2.Cl. The molecule has 2 N–H and O–H groups in total. The lowest BCUT2D eigenvalue weighted by Gasteiger charge is -2.51. The number of piperidine rings is 1. The zero-order valence-corrected chi connectivity index (χ0v) is 25.4. The van der Waals surface area contributed by atoms with Gasteiger partial charge in [-0.1, -0.05) is 67.1 Å². The van der Waals surface area contributed by atoms with Crippen LogP contribution in [0.1, 0.15) is 56.6 Å². The van der Waals surface area contributed by atoms with Crippen LogP contribution in [-0.4, -0.2) is 72.0 Å². The second-order valence-corrected chi connectivity index (χ2v) is 11.1. The first-order valence-electron chi connectivity index (χ1n) is 14.5. The Labute approximate surface area is 254 Å². The van der Waals surface area contributed by atoms with Crippen LogP contribution in [0, 0.1) is 0 Å². The standard InChI is InChI=1S/C31H41ClN4O4.ClH/c1-2-19-36-28(37)27(14-8-9-18-33-30(39)40-23-25-12-6-7-13-26(25)32)34-29(38)31(36)16-21-35(22-17-31)20-15-24-10-4-3-5-11-24;/h3-7,10-13,27H,2,8-9,14-23H2,1H3,(H,33,39)(H,34,38);1H/t27-;/m0./s1. The summed E-state index contributed by atoms with van der Waals surface area (Å²) in [5.41, 5.74) is 1.31. The van der Waals surface area contributed by atoms with E-state index in [0.717, 1.165) is 38.0 Å². The number of halogens is 2. The number of carbonyl (C=O) groups is 3. The third-order valence-corrected chi connectivity index (χ3v) is 8.37. The molecule has 4 rings (SSSR count). The molecule has 2 saturated heterocycles. The number of unbranched alkanes of at least 4 members (excludes halogenated alkanes) is 1. The lowest BCUT2D eigenvalue weighted by atomic mass is 9.81. The van der Waals surface area contributed by atoms with Crippen LogP contribution in [0.5, 0.6) is 0 Å². The van der Waals surface area contributed by atoms with Crippen molar-refractivity contribution in [2.45, 2.75) is 70.1 Å². The minimum Gasteiger partial charge on any atom is -0.445 e. The van der Waals surface area contributed by atoms with E-state index < -0.39 is 17.7 Å². The number of likely N-dealkylation sites (tertiary alicyclic amines) is 1. The van der Waals surface area contributed by atoms with Crippen molar-refractivity contribution in [1.82, 2.24) is 20.4 Å². The number of ether oxygens (including phenoxy) is 1. The number of nitrogens with zero attached hydrogens (tertiary/aromatic N) is 2. The van der Waals surface area contributed by atoms with Gasteiger partial charge >= 0.3 is 6.09 Å². The van der Waals surface area contributed by atoms with E-state index in [2.05, 4.69) is 39.8 Å². The molecule has 0 aliphatic carbocycles. The van der Waals surface area contributed by atoms with E-state index in [4.69, 9.17) is 16.3 Å². The Hall–Kier alpha value is -2.81. The predicted octanol–water partition coefficient (Wildman–Crippen LogP) is 4.97. The van der Waals surface area contributed by atoms with Crippen molar-refractivity contribution in [2.24, 2.45) is 0 Å². The molecule has 2 aliphatic rings. The van der Waals surface area contributed by atoms with E-state index in [1.807, 2.05) is 36.1 Å². The molecular weight excluding hydrogens is 563 g/mol. The molecule has 2 fully saturated rings. The smallest absolute Gasteiger partial charge is 0.407 e. The lowest BCUT2D eigenvalue weighted by molar-refractivity contribution is -0.161. The van der Waals surface area contributed by atoms with Gasteiger partial charge in [0, 0.05) is 43.3 Å². The number of carbonyl (C=O) groups excluding carboxylic acids is 3. The summed E-state index contributed by atoms with van der Waals surface area (Å²) in [5.74, 6) is 0.000768. The fraction of sp³-hybridized carbons (Fsp3) is 0.516. The Bertz CT molecular complexity index is 1140. The van der Waals surface area contributed by atoms with Crippen molar-refractivity contribution < 1.29 is 19.1 Å². The molecule has 8 nitrogen and oxygen atoms in total. The Morgan fingerprint density at radius 3 is 2.46 bits per heavy atom. The Morgan fingerprint density at radius 1 is 1.05 bits per heavy atom. The van der Waals surface area contributed by atoms with Crippen molar-refractivity contribution in [3.63, 3.8) is 0 Å². The highest BCUT2D eigenvalue weighted by Gasteiger charge is 2.52. The zero-order valence-electron chi connectivity index (χ0n) is 23.8. The van der Waals surface area contributed by atoms with Gasteiger partial charge < -0.3 is 25.2 Å². The lowest BCUT2D eigenvalue weighted by Crippen LogP contribution is -2.72. The molecule has 2 aliphatic heterocycles. The van der Waals surface area contributed by atoms with Crippen LogP contribution in [0.2, 0.25) is 5.02 Å². The minimum absolute atomic E-state index is 0. The summed E-state index contributed by atoms with van der Waals surface area (Å²) in [6.45, 7) is 5.73. The van der Waals surface area contributed by atoms with E-state index >= 15 is 0 Å². The first-order valence-corrected chi connectivity index (χ1v) is 14.8. The summed E-state index contributed by atoms with van der Waals surface area (Å²) in [6, 6.07) is 17.1. The summed E-state index contributed by atoms with van der Waals surface area (Å²) < 4.78 is 5.23. The van der Waals surface area contributed by atoms with Gasteiger partial charge in [-0.05, 0) is 56.6 Å². The van der Waals surface area contributed by atoms with E-state index in [0.29, 0.717) is 50.2 Å². The first-order chi connectivity index (χ1) is 19.4. The normalized spacial score (nSPS) is 18.5. The maximum absolute atomic E-state index is 13.5. The molecule has 0 saturated carbocycles. The molecule has 1 atom stereocenters. The fourth-order valence-electron chi connectivity index (χ4n) is 5.67. The third-order valence-electron chi connectivity index (χ3n) is 8.00. The molecule has 1 spiro atoms. The van der Waals surface area contributed by atoms with Crippen molar-refractivity contribution in [3.05, 3.63) is 70.7 Å². The Kier molecular flexibility index (Phi) is 12.8. The van der Waals surface area contributed by atoms with Crippen molar-refractivity contribution in [3.8, 4) is 0 Å². The van der Waals surface area contributed by atoms with Crippen LogP contribution >= 0.6 is 24.0 Å². The number of alkyl carbamates (subject to hydrolysis) is 1. The van der Waals surface area contributed by atoms with E-state index in [1.54, 1.807) is 6.07 Å². The molecule has 0 unspecified atom stereocenters. The Balaban J connectivity index is 0.00000462. The predicted molar refractivity (Wildman–Crippen MR) is 163 cm³/mol. The number of rotatable bonds is 12. The van der Waals surface area contributed by atoms with Gasteiger partial charge in [-0.25, -0.2) is 4.79 Å². The topological polar surface area (TPSA) is 91.0 Å². The van der Waals surface area contributed by atoms with Crippen LogP contribution in [0.4, 0.5) is 4.79 Å². The zero-order chi connectivity index (χ0) is 28.4. The quantitative estimate of drug-likeness (QED) is 0.334. The van der Waals surface area contributed by atoms with Crippen molar-refractivity contribution in [1.29, 1.82) is 0 Å². The fourth-order valence-corrected chi connectivity index (χ4v) is 5.86. The molecule has 2 heterocycles. The van der Waals surface area contributed by atoms with Gasteiger partial charge in [0.2, 0.25) is 11.8 Å². The molecule has 0 aromatic heterocycles. The largest absolute Gasteiger partial charge is 0.445 e. The summed E-state index contributed by atoms with van der Waals surface area (Å²) >= 11 is 6.09. The maximum Gasteiger partial charge on any atom is 0.407 e. The average molecular weight is 606 g/mol. The number of piperazine rings is 1. The molecule has 2 aromatic carbocycles. The first kappa shape index (κ1) is 32.7.